The molecule has 1 aromatic carbocycles. The van der Waals surface area contributed by atoms with Crippen molar-refractivity contribution in [1.82, 2.24) is 15.1 Å². The highest BCUT2D eigenvalue weighted by molar-refractivity contribution is 5.82. The van der Waals surface area contributed by atoms with Crippen LogP contribution in [-0.4, -0.2) is 15.1 Å². The first-order chi connectivity index (χ1) is 9.36. The Morgan fingerprint density at radius 3 is 3.00 bits per heavy atom. The molecule has 0 atom stereocenters. The first kappa shape index (κ1) is 11.2. The van der Waals surface area contributed by atoms with Crippen LogP contribution in [0.1, 0.15) is 11.4 Å². The van der Waals surface area contributed by atoms with E-state index in [0.717, 1.165) is 10.9 Å². The zero-order valence-electron chi connectivity index (χ0n) is 9.87. The van der Waals surface area contributed by atoms with Gasteiger partial charge in [0.05, 0.1) is 17.6 Å². The number of aromatic nitrogens is 3. The van der Waals surface area contributed by atoms with Gasteiger partial charge < -0.3 is 9.84 Å². The van der Waals surface area contributed by atoms with Crippen molar-refractivity contribution in [1.29, 1.82) is 5.26 Å². The fraction of sp³-hybridized carbons (Fsp3) is 0.0769. The van der Waals surface area contributed by atoms with E-state index in [1.165, 1.54) is 6.39 Å². The minimum Gasteiger partial charge on any atom is -0.362 e. The second-order valence-corrected chi connectivity index (χ2v) is 3.89. The lowest BCUT2D eigenvalue weighted by atomic mass is 10.1. The molecule has 0 spiro atoms. The van der Waals surface area contributed by atoms with Crippen LogP contribution >= 0.6 is 0 Å². The summed E-state index contributed by atoms with van der Waals surface area (Å²) < 4.78 is 4.64. The lowest BCUT2D eigenvalue weighted by molar-refractivity contribution is 0.411. The van der Waals surface area contributed by atoms with E-state index < -0.39 is 0 Å². The Kier molecular flexibility index (Phi) is 2.79. The van der Waals surface area contributed by atoms with Crippen molar-refractivity contribution < 1.29 is 4.52 Å². The van der Waals surface area contributed by atoms with E-state index in [1.807, 2.05) is 24.3 Å². The number of anilines is 1. The van der Waals surface area contributed by atoms with Gasteiger partial charge >= 0.3 is 0 Å². The lowest BCUT2D eigenvalue weighted by Gasteiger charge is -2.06. The Hall–Kier alpha value is -2.94. The van der Waals surface area contributed by atoms with E-state index in [9.17, 15) is 0 Å². The molecule has 1 N–H and O–H groups in total. The quantitative estimate of drug-likeness (QED) is 0.766. The summed E-state index contributed by atoms with van der Waals surface area (Å²) >= 11 is 0. The van der Waals surface area contributed by atoms with Gasteiger partial charge in [-0.05, 0) is 12.1 Å². The van der Waals surface area contributed by atoms with Gasteiger partial charge in [-0.15, -0.1) is 0 Å². The topological polar surface area (TPSA) is 87.6 Å². The number of fused-ring (bicyclic) bond motifs is 1. The minimum atomic E-state index is 0.358. The number of pyridine rings is 1. The van der Waals surface area contributed by atoms with Gasteiger partial charge in [0.15, 0.2) is 5.82 Å². The van der Waals surface area contributed by atoms with E-state index in [2.05, 4.69) is 31.0 Å². The molecule has 2 heterocycles. The maximum Gasteiger partial charge on any atom is 0.213 e. The summed E-state index contributed by atoms with van der Waals surface area (Å²) in [6, 6.07) is 11.6. The predicted octanol–water partition coefficient (Wildman–Crippen LogP) is 2.10. The number of para-hydroxylation sites is 1. The average molecular weight is 251 g/mol. The van der Waals surface area contributed by atoms with Gasteiger partial charge in [-0.25, -0.2) is 4.98 Å². The molecule has 0 radical (unpaired) electrons. The van der Waals surface area contributed by atoms with E-state index in [-0.39, 0.29) is 0 Å². The maximum atomic E-state index is 9.16. The summed E-state index contributed by atoms with van der Waals surface area (Å²) in [4.78, 5) is 8.32. The normalized spacial score (nSPS) is 10.3. The number of hydrogen-bond donors (Lipinski definition) is 1. The number of benzene rings is 1. The molecule has 0 saturated heterocycles. The maximum absolute atomic E-state index is 9.16. The highest BCUT2D eigenvalue weighted by Crippen LogP contribution is 2.19. The third-order valence-electron chi connectivity index (χ3n) is 2.67. The van der Waals surface area contributed by atoms with Crippen molar-refractivity contribution in [3.05, 3.63) is 48.1 Å². The Bertz CT molecular complexity index is 745. The average Bonchev–Trinajstić information content (AvgIpc) is 2.97. The SMILES string of the molecule is N#Cc1cc2ccccc2nc1NCc1ncon1. The molecule has 2 aromatic heterocycles. The van der Waals surface area contributed by atoms with Gasteiger partial charge in [-0.2, -0.15) is 10.2 Å². The highest BCUT2D eigenvalue weighted by atomic mass is 16.5. The van der Waals surface area contributed by atoms with Gasteiger partial charge in [0.2, 0.25) is 6.39 Å². The monoisotopic (exact) mass is 251 g/mol. The fourth-order valence-electron chi connectivity index (χ4n) is 1.77. The van der Waals surface area contributed by atoms with Crippen LogP contribution in [0, 0.1) is 11.3 Å². The largest absolute Gasteiger partial charge is 0.362 e. The van der Waals surface area contributed by atoms with Crippen molar-refractivity contribution >= 4 is 16.7 Å². The molecule has 19 heavy (non-hydrogen) atoms. The van der Waals surface area contributed by atoms with E-state index in [1.54, 1.807) is 6.07 Å². The molecule has 3 rings (SSSR count). The van der Waals surface area contributed by atoms with Crippen LogP contribution in [0.4, 0.5) is 5.82 Å². The van der Waals surface area contributed by atoms with E-state index >= 15 is 0 Å². The van der Waals surface area contributed by atoms with Crippen molar-refractivity contribution in [2.75, 3.05) is 5.32 Å². The molecular weight excluding hydrogens is 242 g/mol. The Balaban J connectivity index is 1.95. The summed E-state index contributed by atoms with van der Waals surface area (Å²) in [5.41, 5.74) is 1.32. The van der Waals surface area contributed by atoms with Crippen LogP contribution in [0.15, 0.2) is 41.2 Å². The molecule has 6 heteroatoms. The molecule has 0 aliphatic carbocycles. The molecule has 0 aliphatic rings. The van der Waals surface area contributed by atoms with Crippen molar-refractivity contribution in [2.45, 2.75) is 6.54 Å². The Labute approximate surface area is 108 Å². The van der Waals surface area contributed by atoms with Crippen LogP contribution in [0.5, 0.6) is 0 Å². The third-order valence-corrected chi connectivity index (χ3v) is 2.67. The molecule has 0 bridgehead atoms. The third kappa shape index (κ3) is 2.21. The zero-order chi connectivity index (χ0) is 13.1. The molecule has 6 nitrogen and oxygen atoms in total. The van der Waals surface area contributed by atoms with Crippen LogP contribution in [0.2, 0.25) is 0 Å². The molecule has 0 aliphatic heterocycles. The summed E-state index contributed by atoms with van der Waals surface area (Å²) in [7, 11) is 0. The summed E-state index contributed by atoms with van der Waals surface area (Å²) in [6.07, 6.45) is 1.26. The highest BCUT2D eigenvalue weighted by Gasteiger charge is 2.07. The first-order valence-corrected chi connectivity index (χ1v) is 5.66. The molecule has 92 valence electrons. The second-order valence-electron chi connectivity index (χ2n) is 3.89. The van der Waals surface area contributed by atoms with Crippen LogP contribution in [0.25, 0.3) is 10.9 Å². The van der Waals surface area contributed by atoms with Gasteiger partial charge in [-0.1, -0.05) is 23.4 Å². The zero-order valence-corrected chi connectivity index (χ0v) is 9.87. The smallest absolute Gasteiger partial charge is 0.213 e. The number of rotatable bonds is 3. The minimum absolute atomic E-state index is 0.358. The number of nitrogens with zero attached hydrogens (tertiary/aromatic N) is 4. The van der Waals surface area contributed by atoms with Crippen LogP contribution in [0.3, 0.4) is 0 Å². The molecule has 0 saturated carbocycles. The van der Waals surface area contributed by atoms with Crippen molar-refractivity contribution in [3.63, 3.8) is 0 Å². The first-order valence-electron chi connectivity index (χ1n) is 5.66. The molecule has 3 aromatic rings. The van der Waals surface area contributed by atoms with Crippen LogP contribution < -0.4 is 5.32 Å². The van der Waals surface area contributed by atoms with Gasteiger partial charge in [0.1, 0.15) is 11.9 Å². The Morgan fingerprint density at radius 1 is 1.32 bits per heavy atom. The standard InChI is InChI=1S/C13H9N5O/c14-6-10-5-9-3-1-2-4-11(9)17-13(10)15-7-12-16-8-19-18-12/h1-5,8H,7H2,(H,15,17). The molecule has 0 amide bonds. The van der Waals surface area contributed by atoms with Gasteiger partial charge in [0.25, 0.3) is 0 Å². The van der Waals surface area contributed by atoms with E-state index in [4.69, 9.17) is 5.26 Å². The van der Waals surface area contributed by atoms with Gasteiger partial charge in [0, 0.05) is 5.39 Å². The van der Waals surface area contributed by atoms with Crippen LogP contribution in [-0.2, 0) is 6.54 Å². The number of hydrogen-bond acceptors (Lipinski definition) is 6. The molecule has 0 fully saturated rings. The lowest BCUT2D eigenvalue weighted by Crippen LogP contribution is -2.05. The van der Waals surface area contributed by atoms with Crippen molar-refractivity contribution in [2.24, 2.45) is 0 Å². The van der Waals surface area contributed by atoms with Gasteiger partial charge in [-0.3, -0.25) is 0 Å². The Morgan fingerprint density at radius 2 is 2.21 bits per heavy atom. The number of nitriles is 1. The summed E-state index contributed by atoms with van der Waals surface area (Å²) in [5.74, 6) is 1.03. The van der Waals surface area contributed by atoms with E-state index in [0.29, 0.717) is 23.8 Å². The molecule has 0 unspecified atom stereocenters. The molecular formula is C13H9N5O. The predicted molar refractivity (Wildman–Crippen MR) is 68.1 cm³/mol. The fourth-order valence-corrected chi connectivity index (χ4v) is 1.77. The summed E-state index contributed by atoms with van der Waals surface area (Å²) in [5, 5.41) is 16.8. The van der Waals surface area contributed by atoms with Crippen molar-refractivity contribution in [3.8, 4) is 6.07 Å². The number of nitrogens with one attached hydrogen (secondary N) is 1. The second kappa shape index (κ2) is 4.74. The summed E-state index contributed by atoms with van der Waals surface area (Å²) in [6.45, 7) is 0.358.